The van der Waals surface area contributed by atoms with Gasteiger partial charge in [0.1, 0.15) is 5.82 Å². The van der Waals surface area contributed by atoms with Gasteiger partial charge in [0.15, 0.2) is 0 Å². The maximum atomic E-state index is 12.9. The number of hydrogen-bond donors (Lipinski definition) is 1. The van der Waals surface area contributed by atoms with Crippen LogP contribution in [-0.2, 0) is 6.42 Å². The van der Waals surface area contributed by atoms with E-state index in [-0.39, 0.29) is 5.82 Å². The van der Waals surface area contributed by atoms with Crippen LogP contribution in [0.4, 0.5) is 4.39 Å². The third kappa shape index (κ3) is 2.27. The van der Waals surface area contributed by atoms with E-state index in [9.17, 15) is 4.39 Å². The normalized spacial score (nSPS) is 10.2. The highest BCUT2D eigenvalue weighted by molar-refractivity contribution is 5.15. The molecule has 2 N–H and O–H groups in total. The van der Waals surface area contributed by atoms with Crippen LogP contribution in [0, 0.1) is 12.7 Å². The molecule has 3 heteroatoms. The van der Waals surface area contributed by atoms with Gasteiger partial charge in [0.2, 0.25) is 0 Å². The van der Waals surface area contributed by atoms with Gasteiger partial charge in [-0.05, 0) is 37.9 Å². The van der Waals surface area contributed by atoms with E-state index in [4.69, 9.17) is 5.73 Å². The standard InChI is InChI=1S/C9H13FN2/c1-7-9(10)5-8(6-12-7)3-2-4-11/h5-6H,2-4,11H2,1H3. The molecule has 0 saturated heterocycles. The summed E-state index contributed by atoms with van der Waals surface area (Å²) in [5, 5.41) is 0. The minimum absolute atomic E-state index is 0.232. The highest BCUT2D eigenvalue weighted by Crippen LogP contribution is 2.07. The summed E-state index contributed by atoms with van der Waals surface area (Å²) in [5.41, 5.74) is 6.70. The van der Waals surface area contributed by atoms with Gasteiger partial charge >= 0.3 is 0 Å². The molecule has 0 bridgehead atoms. The van der Waals surface area contributed by atoms with E-state index in [2.05, 4.69) is 4.98 Å². The van der Waals surface area contributed by atoms with Gasteiger partial charge in [-0.3, -0.25) is 4.98 Å². The Hall–Kier alpha value is -0.960. The average molecular weight is 168 g/mol. The number of nitrogens with two attached hydrogens (primary N) is 1. The van der Waals surface area contributed by atoms with Crippen LogP contribution in [-0.4, -0.2) is 11.5 Å². The quantitative estimate of drug-likeness (QED) is 0.741. The molecule has 1 rings (SSSR count). The van der Waals surface area contributed by atoms with E-state index in [0.717, 1.165) is 18.4 Å². The van der Waals surface area contributed by atoms with Crippen molar-refractivity contribution in [3.05, 3.63) is 29.3 Å². The Morgan fingerprint density at radius 2 is 2.33 bits per heavy atom. The van der Waals surface area contributed by atoms with Crippen LogP contribution in [0.1, 0.15) is 17.7 Å². The lowest BCUT2D eigenvalue weighted by Gasteiger charge is -2.00. The smallest absolute Gasteiger partial charge is 0.144 e. The third-order valence-corrected chi connectivity index (χ3v) is 1.75. The molecule has 0 saturated carbocycles. The molecule has 0 aliphatic heterocycles. The molecule has 0 atom stereocenters. The second-order valence-electron chi connectivity index (χ2n) is 2.80. The lowest BCUT2D eigenvalue weighted by molar-refractivity contribution is 0.605. The number of nitrogens with zero attached hydrogens (tertiary/aromatic N) is 1. The first kappa shape index (κ1) is 9.13. The van der Waals surface area contributed by atoms with Crippen LogP contribution < -0.4 is 5.73 Å². The predicted octanol–water partition coefficient (Wildman–Crippen LogP) is 1.42. The van der Waals surface area contributed by atoms with Crippen molar-refractivity contribution in [1.29, 1.82) is 0 Å². The molecule has 0 unspecified atom stereocenters. The van der Waals surface area contributed by atoms with Gasteiger partial charge in [-0.1, -0.05) is 0 Å². The fourth-order valence-electron chi connectivity index (χ4n) is 0.989. The summed E-state index contributed by atoms with van der Waals surface area (Å²) in [6, 6.07) is 1.53. The van der Waals surface area contributed by atoms with Crippen molar-refractivity contribution in [3.63, 3.8) is 0 Å². The summed E-state index contributed by atoms with van der Waals surface area (Å²) in [7, 11) is 0. The van der Waals surface area contributed by atoms with Crippen molar-refractivity contribution in [3.8, 4) is 0 Å². The van der Waals surface area contributed by atoms with Crippen LogP contribution in [0.2, 0.25) is 0 Å². The molecule has 12 heavy (non-hydrogen) atoms. The highest BCUT2D eigenvalue weighted by Gasteiger charge is 1.99. The van der Waals surface area contributed by atoms with Crippen molar-refractivity contribution >= 4 is 0 Å². The lowest BCUT2D eigenvalue weighted by atomic mass is 10.1. The summed E-state index contributed by atoms with van der Waals surface area (Å²) in [6.45, 7) is 2.29. The predicted molar refractivity (Wildman–Crippen MR) is 46.3 cm³/mol. The Kier molecular flexibility index (Phi) is 3.17. The second-order valence-corrected chi connectivity index (χ2v) is 2.80. The first-order chi connectivity index (χ1) is 5.74. The van der Waals surface area contributed by atoms with Crippen molar-refractivity contribution in [2.75, 3.05) is 6.54 Å². The monoisotopic (exact) mass is 168 g/mol. The van der Waals surface area contributed by atoms with Gasteiger partial charge in [0, 0.05) is 6.20 Å². The summed E-state index contributed by atoms with van der Waals surface area (Å²) >= 11 is 0. The third-order valence-electron chi connectivity index (χ3n) is 1.75. The van der Waals surface area contributed by atoms with E-state index in [1.807, 2.05) is 0 Å². The molecule has 0 aromatic carbocycles. The van der Waals surface area contributed by atoms with Crippen LogP contribution in [0.5, 0.6) is 0 Å². The van der Waals surface area contributed by atoms with Crippen LogP contribution in [0.3, 0.4) is 0 Å². The zero-order valence-electron chi connectivity index (χ0n) is 7.18. The Morgan fingerprint density at radius 1 is 1.58 bits per heavy atom. The Labute approximate surface area is 71.6 Å². The second kappa shape index (κ2) is 4.16. The Morgan fingerprint density at radius 3 is 2.92 bits per heavy atom. The molecule has 0 aliphatic rings. The van der Waals surface area contributed by atoms with E-state index in [1.54, 1.807) is 13.1 Å². The first-order valence-corrected chi connectivity index (χ1v) is 4.05. The molecule has 0 spiro atoms. The number of rotatable bonds is 3. The van der Waals surface area contributed by atoms with E-state index in [0.29, 0.717) is 12.2 Å². The number of aryl methyl sites for hydroxylation is 2. The van der Waals surface area contributed by atoms with Crippen molar-refractivity contribution in [2.24, 2.45) is 5.73 Å². The Bertz CT molecular complexity index is 261. The fraction of sp³-hybridized carbons (Fsp3) is 0.444. The van der Waals surface area contributed by atoms with E-state index in [1.165, 1.54) is 6.07 Å². The van der Waals surface area contributed by atoms with Crippen LogP contribution in [0.25, 0.3) is 0 Å². The minimum atomic E-state index is -0.232. The van der Waals surface area contributed by atoms with Crippen LogP contribution >= 0.6 is 0 Å². The molecule has 1 aromatic heterocycles. The molecule has 0 fully saturated rings. The SMILES string of the molecule is Cc1ncc(CCCN)cc1F. The molecular weight excluding hydrogens is 155 g/mol. The van der Waals surface area contributed by atoms with E-state index >= 15 is 0 Å². The van der Waals surface area contributed by atoms with Gasteiger partial charge in [-0.2, -0.15) is 0 Å². The van der Waals surface area contributed by atoms with Crippen molar-refractivity contribution in [2.45, 2.75) is 19.8 Å². The van der Waals surface area contributed by atoms with E-state index < -0.39 is 0 Å². The molecule has 0 aliphatic carbocycles. The fourth-order valence-corrected chi connectivity index (χ4v) is 0.989. The largest absolute Gasteiger partial charge is 0.330 e. The summed E-state index contributed by atoms with van der Waals surface area (Å²) in [6.07, 6.45) is 3.39. The van der Waals surface area contributed by atoms with Gasteiger partial charge in [-0.25, -0.2) is 4.39 Å². The number of aromatic nitrogens is 1. The topological polar surface area (TPSA) is 38.9 Å². The average Bonchev–Trinajstić information content (AvgIpc) is 2.07. The van der Waals surface area contributed by atoms with Crippen molar-refractivity contribution in [1.82, 2.24) is 4.98 Å². The lowest BCUT2D eigenvalue weighted by Crippen LogP contribution is -2.01. The summed E-state index contributed by atoms with van der Waals surface area (Å²) in [4.78, 5) is 3.92. The maximum Gasteiger partial charge on any atom is 0.144 e. The van der Waals surface area contributed by atoms with Gasteiger partial charge in [0.25, 0.3) is 0 Å². The Balaban J connectivity index is 2.69. The molecule has 2 nitrogen and oxygen atoms in total. The molecule has 1 aromatic rings. The zero-order chi connectivity index (χ0) is 8.97. The van der Waals surface area contributed by atoms with Crippen LogP contribution in [0.15, 0.2) is 12.3 Å². The molecular formula is C9H13FN2. The van der Waals surface area contributed by atoms with Gasteiger partial charge in [0.05, 0.1) is 5.69 Å². The number of halogens is 1. The summed E-state index contributed by atoms with van der Waals surface area (Å²) < 4.78 is 12.9. The summed E-state index contributed by atoms with van der Waals surface area (Å²) in [5.74, 6) is -0.232. The maximum absolute atomic E-state index is 12.9. The molecule has 0 amide bonds. The zero-order valence-corrected chi connectivity index (χ0v) is 7.18. The number of pyridine rings is 1. The minimum Gasteiger partial charge on any atom is -0.330 e. The highest BCUT2D eigenvalue weighted by atomic mass is 19.1. The van der Waals surface area contributed by atoms with Crippen molar-refractivity contribution < 1.29 is 4.39 Å². The molecule has 66 valence electrons. The molecule has 0 radical (unpaired) electrons. The first-order valence-electron chi connectivity index (χ1n) is 4.05. The number of hydrogen-bond acceptors (Lipinski definition) is 2. The van der Waals surface area contributed by atoms with Gasteiger partial charge in [-0.15, -0.1) is 0 Å². The molecule has 1 heterocycles. The van der Waals surface area contributed by atoms with Gasteiger partial charge < -0.3 is 5.73 Å².